The molecule has 0 aliphatic rings. The van der Waals surface area contributed by atoms with Crippen LogP contribution in [0.2, 0.25) is 5.15 Å². The van der Waals surface area contributed by atoms with Crippen LogP contribution in [0.1, 0.15) is 34.6 Å². The van der Waals surface area contributed by atoms with Gasteiger partial charge in [0.1, 0.15) is 15.6 Å². The summed E-state index contributed by atoms with van der Waals surface area (Å²) in [6, 6.07) is 10.1. The minimum atomic E-state index is -1.20. The maximum Gasteiger partial charge on any atom is 0.356 e. The van der Waals surface area contributed by atoms with Crippen LogP contribution in [-0.4, -0.2) is 30.6 Å². The van der Waals surface area contributed by atoms with Gasteiger partial charge in [-0.3, -0.25) is 9.36 Å². The van der Waals surface area contributed by atoms with E-state index in [1.165, 1.54) is 10.6 Å². The van der Waals surface area contributed by atoms with Gasteiger partial charge in [0.15, 0.2) is 5.69 Å². The Labute approximate surface area is 202 Å². The molecule has 10 heteroatoms. The number of carboxylic acid groups (broad SMARTS) is 1. The molecule has 2 N–H and O–H groups in total. The van der Waals surface area contributed by atoms with Crippen LogP contribution in [0.4, 0.5) is 5.69 Å². The van der Waals surface area contributed by atoms with Crippen LogP contribution < -0.4 is 10.9 Å². The molecule has 0 fully saturated rings. The van der Waals surface area contributed by atoms with Gasteiger partial charge in [-0.25, -0.2) is 19.7 Å². The molecule has 0 spiro atoms. The second-order valence-electron chi connectivity index (χ2n) is 7.62. The monoisotopic (exact) mass is 527 g/mol. The van der Waals surface area contributed by atoms with Crippen molar-refractivity contribution in [3.05, 3.63) is 79.5 Å². The summed E-state index contributed by atoms with van der Waals surface area (Å²) in [5.41, 5.74) is 2.81. The van der Waals surface area contributed by atoms with E-state index in [0.717, 1.165) is 11.1 Å². The fourth-order valence-corrected chi connectivity index (χ4v) is 4.06. The molecule has 1 aromatic carbocycles. The van der Waals surface area contributed by atoms with Crippen molar-refractivity contribution in [2.75, 3.05) is 5.32 Å². The van der Waals surface area contributed by atoms with Gasteiger partial charge in [-0.2, -0.15) is 0 Å². The SMILES string of the molecule is Cc1cc([C@@H](C)Nc2ccc(Cl)nc2C(=O)O)c2nc(-c3ccc(Br)nc3)n(C)c(=O)c2c1. The third-order valence-corrected chi connectivity index (χ3v) is 5.92. The molecule has 0 aliphatic carbocycles. The van der Waals surface area contributed by atoms with Crippen molar-refractivity contribution in [3.63, 3.8) is 0 Å². The van der Waals surface area contributed by atoms with Crippen molar-refractivity contribution in [1.29, 1.82) is 0 Å². The fraction of sp³-hybridized carbons (Fsp3) is 0.174. The molecule has 168 valence electrons. The average molecular weight is 529 g/mol. The second-order valence-corrected chi connectivity index (χ2v) is 8.82. The first-order valence-electron chi connectivity index (χ1n) is 9.95. The number of nitrogens with one attached hydrogen (secondary N) is 1. The molecule has 4 aromatic rings. The number of pyridine rings is 2. The van der Waals surface area contributed by atoms with Gasteiger partial charge in [-0.15, -0.1) is 0 Å². The fourth-order valence-electron chi connectivity index (χ4n) is 3.67. The van der Waals surface area contributed by atoms with E-state index in [4.69, 9.17) is 16.6 Å². The summed E-state index contributed by atoms with van der Waals surface area (Å²) in [7, 11) is 1.67. The highest BCUT2D eigenvalue weighted by Gasteiger charge is 2.20. The van der Waals surface area contributed by atoms with Crippen LogP contribution in [-0.2, 0) is 7.05 Å². The van der Waals surface area contributed by atoms with Gasteiger partial charge < -0.3 is 10.4 Å². The molecule has 0 radical (unpaired) electrons. The van der Waals surface area contributed by atoms with E-state index in [2.05, 4.69) is 31.2 Å². The topological polar surface area (TPSA) is 110 Å². The van der Waals surface area contributed by atoms with E-state index in [0.29, 0.717) is 32.6 Å². The number of aromatic nitrogens is 4. The quantitative estimate of drug-likeness (QED) is 0.351. The molecule has 1 atom stereocenters. The van der Waals surface area contributed by atoms with Crippen molar-refractivity contribution < 1.29 is 9.90 Å². The largest absolute Gasteiger partial charge is 0.476 e. The Hall–Kier alpha value is -3.30. The highest BCUT2D eigenvalue weighted by molar-refractivity contribution is 9.10. The van der Waals surface area contributed by atoms with E-state index in [-0.39, 0.29) is 22.4 Å². The predicted octanol–water partition coefficient (Wildman–Crippen LogP) is 4.99. The van der Waals surface area contributed by atoms with Gasteiger partial charge >= 0.3 is 5.97 Å². The molecule has 0 aliphatic heterocycles. The zero-order valence-electron chi connectivity index (χ0n) is 17.9. The number of aryl methyl sites for hydroxylation is 1. The zero-order valence-corrected chi connectivity index (χ0v) is 20.3. The number of hydrogen-bond donors (Lipinski definition) is 2. The lowest BCUT2D eigenvalue weighted by Gasteiger charge is -2.20. The van der Waals surface area contributed by atoms with Crippen LogP contribution in [0, 0.1) is 6.92 Å². The summed E-state index contributed by atoms with van der Waals surface area (Å²) < 4.78 is 2.18. The van der Waals surface area contributed by atoms with Gasteiger partial charge in [-0.1, -0.05) is 17.7 Å². The number of fused-ring (bicyclic) bond motifs is 1. The van der Waals surface area contributed by atoms with Gasteiger partial charge in [0.2, 0.25) is 0 Å². The highest BCUT2D eigenvalue weighted by atomic mass is 79.9. The number of halogens is 2. The van der Waals surface area contributed by atoms with Crippen molar-refractivity contribution >= 4 is 50.1 Å². The lowest BCUT2D eigenvalue weighted by atomic mass is 10.0. The van der Waals surface area contributed by atoms with E-state index in [1.54, 1.807) is 31.4 Å². The lowest BCUT2D eigenvalue weighted by Crippen LogP contribution is -2.22. The summed E-state index contributed by atoms with van der Waals surface area (Å²) in [6.07, 6.45) is 1.64. The number of carbonyl (C=O) groups is 1. The molecule has 8 nitrogen and oxygen atoms in total. The summed E-state index contributed by atoms with van der Waals surface area (Å²) in [5, 5.41) is 13.3. The van der Waals surface area contributed by atoms with Crippen LogP contribution >= 0.6 is 27.5 Å². The Morgan fingerprint density at radius 1 is 1.21 bits per heavy atom. The van der Waals surface area contributed by atoms with Crippen LogP contribution in [0.5, 0.6) is 0 Å². The number of nitrogens with zero attached hydrogens (tertiary/aromatic N) is 4. The molecule has 0 saturated heterocycles. The number of aromatic carboxylic acids is 1. The smallest absolute Gasteiger partial charge is 0.356 e. The minimum absolute atomic E-state index is 0.0875. The number of hydrogen-bond acceptors (Lipinski definition) is 6. The number of benzene rings is 1. The molecular formula is C23H19BrClN5O3. The lowest BCUT2D eigenvalue weighted by molar-refractivity contribution is 0.0691. The molecule has 0 bridgehead atoms. The van der Waals surface area contributed by atoms with Crippen molar-refractivity contribution in [1.82, 2.24) is 19.5 Å². The first kappa shape index (κ1) is 22.9. The van der Waals surface area contributed by atoms with Gasteiger partial charge in [0.25, 0.3) is 5.56 Å². The maximum atomic E-state index is 13.2. The Bertz CT molecular complexity index is 1450. The van der Waals surface area contributed by atoms with Crippen molar-refractivity contribution in [2.24, 2.45) is 7.05 Å². The summed E-state index contributed by atoms with van der Waals surface area (Å²) in [5.74, 6) is -0.720. The van der Waals surface area contributed by atoms with E-state index in [1.807, 2.05) is 26.0 Å². The van der Waals surface area contributed by atoms with Gasteiger partial charge in [-0.05, 0) is 65.7 Å². The average Bonchev–Trinajstić information content (AvgIpc) is 2.77. The predicted molar refractivity (Wildman–Crippen MR) is 131 cm³/mol. The Morgan fingerprint density at radius 3 is 2.64 bits per heavy atom. The molecule has 4 rings (SSSR count). The molecule has 33 heavy (non-hydrogen) atoms. The third kappa shape index (κ3) is 4.46. The Morgan fingerprint density at radius 2 is 1.97 bits per heavy atom. The molecule has 3 aromatic heterocycles. The zero-order chi connectivity index (χ0) is 23.9. The molecular weight excluding hydrogens is 510 g/mol. The molecule has 3 heterocycles. The molecule has 0 saturated carbocycles. The van der Waals surface area contributed by atoms with E-state index in [9.17, 15) is 14.7 Å². The summed E-state index contributed by atoms with van der Waals surface area (Å²) in [6.45, 7) is 3.77. The van der Waals surface area contributed by atoms with Crippen LogP contribution in [0.3, 0.4) is 0 Å². The maximum absolute atomic E-state index is 13.2. The standard InChI is InChI=1S/C23H19BrClN5O3/c1-11-8-14(12(2)27-16-5-7-18(25)28-20(16)23(32)33)19-15(9-11)22(31)30(3)21(29-19)13-4-6-17(24)26-10-13/h4-10,12,27H,1-3H3,(H,32,33)/t12-/m1/s1. The first-order valence-corrected chi connectivity index (χ1v) is 11.1. The van der Waals surface area contributed by atoms with Crippen LogP contribution in [0.15, 0.2) is 52.0 Å². The Kier molecular flexibility index (Phi) is 6.18. The van der Waals surface area contributed by atoms with E-state index >= 15 is 0 Å². The van der Waals surface area contributed by atoms with Crippen molar-refractivity contribution in [3.8, 4) is 11.4 Å². The third-order valence-electron chi connectivity index (χ3n) is 5.24. The minimum Gasteiger partial charge on any atom is -0.476 e. The summed E-state index contributed by atoms with van der Waals surface area (Å²) in [4.78, 5) is 37.8. The normalized spacial score (nSPS) is 12.0. The summed E-state index contributed by atoms with van der Waals surface area (Å²) >= 11 is 9.19. The van der Waals surface area contributed by atoms with E-state index < -0.39 is 5.97 Å². The van der Waals surface area contributed by atoms with Gasteiger partial charge in [0.05, 0.1) is 22.6 Å². The number of anilines is 1. The number of rotatable bonds is 5. The highest BCUT2D eigenvalue weighted by Crippen LogP contribution is 2.29. The van der Waals surface area contributed by atoms with Gasteiger partial charge in [0, 0.05) is 24.4 Å². The first-order chi connectivity index (χ1) is 15.7. The Balaban J connectivity index is 1.88. The van der Waals surface area contributed by atoms with Crippen LogP contribution in [0.25, 0.3) is 22.3 Å². The second kappa shape index (κ2) is 8.92. The molecule has 0 amide bonds. The number of carboxylic acids is 1. The van der Waals surface area contributed by atoms with Crippen molar-refractivity contribution in [2.45, 2.75) is 19.9 Å². The molecule has 0 unspecified atom stereocenters.